The molecule has 1 saturated heterocycles. The number of benzene rings is 2. The molecule has 2 aromatic carbocycles. The summed E-state index contributed by atoms with van der Waals surface area (Å²) in [5, 5.41) is 1.17. The van der Waals surface area contributed by atoms with E-state index in [2.05, 4.69) is 4.98 Å². The summed E-state index contributed by atoms with van der Waals surface area (Å²) in [6.45, 7) is 1.39. The lowest BCUT2D eigenvalue weighted by Gasteiger charge is -2.30. The zero-order chi connectivity index (χ0) is 20.2. The average Bonchev–Trinajstić information content (AvgIpc) is 2.77. The smallest absolute Gasteiger partial charge is 0.339 e. The summed E-state index contributed by atoms with van der Waals surface area (Å²) in [5.41, 5.74) is 1.73. The number of likely N-dealkylation sites (tertiary alicyclic amines) is 1. The summed E-state index contributed by atoms with van der Waals surface area (Å²) >= 11 is 5.92. The first kappa shape index (κ1) is 19.4. The number of hydrogen-bond donors (Lipinski definition) is 0. The minimum Gasteiger partial charge on any atom is -0.444 e. The molecule has 0 spiro atoms. The number of esters is 1. The van der Waals surface area contributed by atoms with Crippen molar-refractivity contribution in [3.05, 3.63) is 76.9 Å². The van der Waals surface area contributed by atoms with Gasteiger partial charge < -0.3 is 9.64 Å². The molecule has 1 unspecified atom stereocenters. The van der Waals surface area contributed by atoms with Gasteiger partial charge in [-0.25, -0.2) is 9.78 Å². The van der Waals surface area contributed by atoms with Crippen molar-refractivity contribution >= 4 is 34.4 Å². The van der Waals surface area contributed by atoms with Gasteiger partial charge in [0.2, 0.25) is 6.10 Å². The van der Waals surface area contributed by atoms with E-state index in [0.717, 1.165) is 24.6 Å². The summed E-state index contributed by atoms with van der Waals surface area (Å²) in [6, 6.07) is 17.7. The second-order valence-corrected chi connectivity index (χ2v) is 7.51. The van der Waals surface area contributed by atoms with Gasteiger partial charge in [0.25, 0.3) is 5.91 Å². The molecule has 148 valence electrons. The zero-order valence-electron chi connectivity index (χ0n) is 15.9. The van der Waals surface area contributed by atoms with Crippen LogP contribution >= 0.6 is 11.6 Å². The number of aromatic nitrogens is 1. The number of nitrogens with zero attached hydrogens (tertiary/aromatic N) is 2. The van der Waals surface area contributed by atoms with Crippen LogP contribution in [-0.2, 0) is 9.53 Å². The summed E-state index contributed by atoms with van der Waals surface area (Å²) in [4.78, 5) is 32.0. The normalized spacial score (nSPS) is 15.1. The van der Waals surface area contributed by atoms with Crippen LogP contribution in [0.3, 0.4) is 0 Å². The molecule has 0 saturated carbocycles. The van der Waals surface area contributed by atoms with Crippen molar-refractivity contribution in [3.63, 3.8) is 0 Å². The SMILES string of the molecule is O=C(OC(C(=O)N1CCCCC1)c1ccccc1)c1ccc2nc(Cl)ccc2c1. The molecule has 1 amide bonds. The molecule has 5 nitrogen and oxygen atoms in total. The van der Waals surface area contributed by atoms with Crippen LogP contribution in [0.15, 0.2) is 60.7 Å². The third kappa shape index (κ3) is 4.40. The number of piperidine rings is 1. The summed E-state index contributed by atoms with van der Waals surface area (Å²) in [7, 11) is 0. The zero-order valence-corrected chi connectivity index (χ0v) is 16.6. The van der Waals surface area contributed by atoms with E-state index < -0.39 is 12.1 Å². The Hall–Kier alpha value is -2.92. The number of rotatable bonds is 4. The van der Waals surface area contributed by atoms with Crippen LogP contribution in [0, 0.1) is 0 Å². The fourth-order valence-corrected chi connectivity index (χ4v) is 3.73. The first-order chi connectivity index (χ1) is 14.1. The van der Waals surface area contributed by atoms with E-state index in [4.69, 9.17) is 16.3 Å². The van der Waals surface area contributed by atoms with Crippen LogP contribution in [0.2, 0.25) is 5.15 Å². The van der Waals surface area contributed by atoms with E-state index in [1.807, 2.05) is 30.3 Å². The average molecular weight is 409 g/mol. The number of ether oxygens (including phenoxy) is 1. The standard InChI is InChI=1S/C23H21ClN2O3/c24-20-12-10-17-15-18(9-11-19(17)25-20)23(28)29-21(16-7-3-1-4-8-16)22(27)26-13-5-2-6-14-26/h1,3-4,7-12,15,21H,2,5-6,13-14H2. The number of carbonyl (C=O) groups is 2. The van der Waals surface area contributed by atoms with Crippen LogP contribution in [0.4, 0.5) is 0 Å². The Kier molecular flexibility index (Phi) is 5.76. The molecule has 2 heterocycles. The maximum absolute atomic E-state index is 13.1. The molecule has 1 aliphatic rings. The van der Waals surface area contributed by atoms with E-state index in [1.54, 1.807) is 35.2 Å². The minimum atomic E-state index is -0.958. The molecule has 0 aliphatic carbocycles. The maximum Gasteiger partial charge on any atom is 0.339 e. The quantitative estimate of drug-likeness (QED) is 0.459. The highest BCUT2D eigenvalue weighted by molar-refractivity contribution is 6.29. The molecule has 1 atom stereocenters. The van der Waals surface area contributed by atoms with E-state index in [1.165, 1.54) is 0 Å². The maximum atomic E-state index is 13.1. The highest BCUT2D eigenvalue weighted by atomic mass is 35.5. The van der Waals surface area contributed by atoms with Crippen molar-refractivity contribution in [2.75, 3.05) is 13.1 Å². The molecule has 1 fully saturated rings. The highest BCUT2D eigenvalue weighted by Gasteiger charge is 2.30. The topological polar surface area (TPSA) is 59.5 Å². The molecule has 1 aromatic heterocycles. The second-order valence-electron chi connectivity index (χ2n) is 7.12. The monoisotopic (exact) mass is 408 g/mol. The van der Waals surface area contributed by atoms with Crippen molar-refractivity contribution in [1.82, 2.24) is 9.88 Å². The van der Waals surface area contributed by atoms with Crippen LogP contribution in [0.1, 0.15) is 41.3 Å². The third-order valence-corrected chi connectivity index (χ3v) is 5.32. The van der Waals surface area contributed by atoms with Crippen LogP contribution < -0.4 is 0 Å². The first-order valence-corrected chi connectivity index (χ1v) is 10.1. The van der Waals surface area contributed by atoms with E-state index in [0.29, 0.717) is 34.9 Å². The van der Waals surface area contributed by atoms with Gasteiger partial charge in [0, 0.05) is 24.0 Å². The van der Waals surface area contributed by atoms with Crippen molar-refractivity contribution in [2.24, 2.45) is 0 Å². The molecule has 1 aliphatic heterocycles. The van der Waals surface area contributed by atoms with Crippen LogP contribution in [0.25, 0.3) is 10.9 Å². The van der Waals surface area contributed by atoms with Crippen molar-refractivity contribution in [1.29, 1.82) is 0 Å². The van der Waals surface area contributed by atoms with Crippen molar-refractivity contribution in [2.45, 2.75) is 25.4 Å². The Morgan fingerprint density at radius 3 is 2.48 bits per heavy atom. The van der Waals surface area contributed by atoms with Gasteiger partial charge in [-0.05, 0) is 49.6 Å². The summed E-state index contributed by atoms with van der Waals surface area (Å²) in [5.74, 6) is -0.709. The number of halogens is 1. The predicted octanol–water partition coefficient (Wildman–Crippen LogP) is 4.80. The van der Waals surface area contributed by atoms with Crippen LogP contribution in [0.5, 0.6) is 0 Å². The van der Waals surface area contributed by atoms with E-state index in [9.17, 15) is 9.59 Å². The number of carbonyl (C=O) groups excluding carboxylic acids is 2. The molecule has 4 rings (SSSR count). The lowest BCUT2D eigenvalue weighted by atomic mass is 10.1. The summed E-state index contributed by atoms with van der Waals surface area (Å²) < 4.78 is 5.73. The Balaban J connectivity index is 1.60. The summed E-state index contributed by atoms with van der Waals surface area (Å²) in [6.07, 6.45) is 2.11. The Bertz CT molecular complexity index is 1030. The van der Waals surface area contributed by atoms with Gasteiger partial charge in [-0.1, -0.05) is 41.9 Å². The molecule has 0 N–H and O–H groups in total. The predicted molar refractivity (Wildman–Crippen MR) is 112 cm³/mol. The highest BCUT2D eigenvalue weighted by Crippen LogP contribution is 2.25. The molecule has 0 bridgehead atoms. The number of pyridine rings is 1. The Morgan fingerprint density at radius 1 is 0.966 bits per heavy atom. The van der Waals surface area contributed by atoms with Gasteiger partial charge in [-0.15, -0.1) is 0 Å². The van der Waals surface area contributed by atoms with Gasteiger partial charge in [0.15, 0.2) is 0 Å². The first-order valence-electron chi connectivity index (χ1n) is 9.73. The number of hydrogen-bond acceptors (Lipinski definition) is 4. The van der Waals surface area contributed by atoms with Crippen molar-refractivity contribution < 1.29 is 14.3 Å². The Morgan fingerprint density at radius 2 is 1.72 bits per heavy atom. The fourth-order valence-electron chi connectivity index (χ4n) is 3.57. The Labute approximate surface area is 174 Å². The largest absolute Gasteiger partial charge is 0.444 e. The van der Waals surface area contributed by atoms with Crippen molar-refractivity contribution in [3.8, 4) is 0 Å². The molecular formula is C23H21ClN2O3. The van der Waals surface area contributed by atoms with Gasteiger partial charge in [0.05, 0.1) is 11.1 Å². The molecule has 29 heavy (non-hydrogen) atoms. The molecule has 6 heteroatoms. The van der Waals surface area contributed by atoms with E-state index >= 15 is 0 Å². The van der Waals surface area contributed by atoms with Gasteiger partial charge >= 0.3 is 5.97 Å². The lowest BCUT2D eigenvalue weighted by Crippen LogP contribution is -2.40. The number of fused-ring (bicyclic) bond motifs is 1. The van der Waals surface area contributed by atoms with Gasteiger partial charge in [0.1, 0.15) is 5.15 Å². The lowest BCUT2D eigenvalue weighted by molar-refractivity contribution is -0.142. The van der Waals surface area contributed by atoms with E-state index in [-0.39, 0.29) is 5.91 Å². The van der Waals surface area contributed by atoms with Gasteiger partial charge in [-0.2, -0.15) is 0 Å². The molecule has 3 aromatic rings. The third-order valence-electron chi connectivity index (χ3n) is 5.11. The minimum absolute atomic E-state index is 0.168. The van der Waals surface area contributed by atoms with Gasteiger partial charge in [-0.3, -0.25) is 4.79 Å². The number of amides is 1. The molecular weight excluding hydrogens is 388 g/mol. The fraction of sp³-hybridized carbons (Fsp3) is 0.261. The second kappa shape index (κ2) is 8.62. The molecule has 0 radical (unpaired) electrons. The van der Waals surface area contributed by atoms with Crippen LogP contribution in [-0.4, -0.2) is 34.8 Å².